The number of benzene rings is 2. The molecule has 186 valence electrons. The Morgan fingerprint density at radius 3 is 2.20 bits per heavy atom. The van der Waals surface area contributed by atoms with E-state index in [4.69, 9.17) is 9.84 Å². The summed E-state index contributed by atoms with van der Waals surface area (Å²) in [7, 11) is 0. The van der Waals surface area contributed by atoms with Crippen LogP contribution in [0.25, 0.3) is 11.1 Å². The Hall–Kier alpha value is -3.35. The van der Waals surface area contributed by atoms with Gasteiger partial charge in [-0.25, -0.2) is 4.79 Å². The van der Waals surface area contributed by atoms with E-state index in [9.17, 15) is 14.4 Å². The Morgan fingerprint density at radius 2 is 1.54 bits per heavy atom. The van der Waals surface area contributed by atoms with Crippen molar-refractivity contribution in [3.8, 4) is 11.1 Å². The topological polar surface area (TPSA) is 105 Å². The molecule has 0 radical (unpaired) electrons. The third-order valence-electron chi connectivity index (χ3n) is 7.09. The van der Waals surface area contributed by atoms with Gasteiger partial charge in [0.15, 0.2) is 0 Å². The Bertz CT molecular complexity index is 1010. The van der Waals surface area contributed by atoms with Gasteiger partial charge >= 0.3 is 12.1 Å². The van der Waals surface area contributed by atoms with Crippen LogP contribution in [0.2, 0.25) is 0 Å². The summed E-state index contributed by atoms with van der Waals surface area (Å²) in [4.78, 5) is 35.3. The highest BCUT2D eigenvalue weighted by Crippen LogP contribution is 2.44. The summed E-state index contributed by atoms with van der Waals surface area (Å²) in [6, 6.07) is 16.5. The van der Waals surface area contributed by atoms with Crippen LogP contribution in [-0.2, 0) is 14.3 Å². The fraction of sp³-hybridized carbons (Fsp3) is 0.464. The van der Waals surface area contributed by atoms with Crippen LogP contribution in [-0.4, -0.2) is 42.3 Å². The Balaban J connectivity index is 1.07. The molecule has 2 aliphatic rings. The molecule has 35 heavy (non-hydrogen) atoms. The fourth-order valence-electron chi connectivity index (χ4n) is 5.24. The molecule has 7 nitrogen and oxygen atoms in total. The minimum absolute atomic E-state index is 0.00204. The van der Waals surface area contributed by atoms with Gasteiger partial charge in [-0.15, -0.1) is 0 Å². The van der Waals surface area contributed by atoms with E-state index in [2.05, 4.69) is 34.9 Å². The van der Waals surface area contributed by atoms with Crippen LogP contribution >= 0.6 is 0 Å². The van der Waals surface area contributed by atoms with Crippen LogP contribution in [0.4, 0.5) is 4.79 Å². The highest BCUT2D eigenvalue weighted by molar-refractivity contribution is 5.79. The number of unbranched alkanes of at least 4 members (excludes halogenated alkanes) is 3. The van der Waals surface area contributed by atoms with Gasteiger partial charge in [0.1, 0.15) is 6.61 Å². The van der Waals surface area contributed by atoms with Gasteiger partial charge in [0.2, 0.25) is 5.91 Å². The highest BCUT2D eigenvalue weighted by atomic mass is 16.5. The fourth-order valence-corrected chi connectivity index (χ4v) is 5.24. The monoisotopic (exact) mass is 478 g/mol. The molecule has 0 bridgehead atoms. The average molecular weight is 479 g/mol. The summed E-state index contributed by atoms with van der Waals surface area (Å²) in [6.07, 6.45) is 5.39. The number of aliphatic carboxylic acids is 1. The molecular formula is C28H34N2O5. The van der Waals surface area contributed by atoms with Gasteiger partial charge in [0, 0.05) is 24.9 Å². The Labute approximate surface area is 206 Å². The number of amides is 2. The predicted octanol–water partition coefficient (Wildman–Crippen LogP) is 4.85. The zero-order valence-corrected chi connectivity index (χ0v) is 20.0. The molecule has 1 fully saturated rings. The van der Waals surface area contributed by atoms with Gasteiger partial charge in [0.05, 0.1) is 5.92 Å². The minimum atomic E-state index is -0.770. The minimum Gasteiger partial charge on any atom is -0.481 e. The quantitative estimate of drug-likeness (QED) is 0.401. The molecule has 2 amide bonds. The average Bonchev–Trinajstić information content (AvgIpc) is 3.45. The first kappa shape index (κ1) is 24.8. The van der Waals surface area contributed by atoms with Crippen LogP contribution < -0.4 is 10.6 Å². The predicted molar refractivity (Wildman–Crippen MR) is 133 cm³/mol. The van der Waals surface area contributed by atoms with Gasteiger partial charge in [-0.1, -0.05) is 61.4 Å². The number of nitrogens with one attached hydrogen (secondary N) is 2. The van der Waals surface area contributed by atoms with Gasteiger partial charge in [-0.05, 0) is 54.4 Å². The lowest BCUT2D eigenvalue weighted by molar-refractivity contribution is -0.141. The number of hydrogen-bond acceptors (Lipinski definition) is 4. The molecule has 0 aliphatic heterocycles. The molecule has 2 aromatic rings. The van der Waals surface area contributed by atoms with Crippen molar-refractivity contribution >= 4 is 18.0 Å². The van der Waals surface area contributed by atoms with Crippen molar-refractivity contribution in [2.24, 2.45) is 5.92 Å². The first-order valence-electron chi connectivity index (χ1n) is 12.6. The smallest absolute Gasteiger partial charge is 0.407 e. The van der Waals surface area contributed by atoms with Gasteiger partial charge in [-0.2, -0.15) is 0 Å². The zero-order valence-electron chi connectivity index (χ0n) is 20.0. The van der Waals surface area contributed by atoms with Crippen molar-refractivity contribution in [2.45, 2.75) is 63.3 Å². The van der Waals surface area contributed by atoms with Crippen molar-refractivity contribution in [1.82, 2.24) is 10.6 Å². The standard InChI is InChI=1S/C28H34N2O5/c31-26(30-20-15-14-19(17-20)27(32)33)13-3-1-2-8-16-29-28(34)35-18-25-23-11-6-4-9-21(23)22-10-5-7-12-24(22)25/h4-7,9-12,19-20,25H,1-3,8,13-18H2,(H,29,34)(H,30,31)(H,32,33)/t19-,20+/m1/s1. The Morgan fingerprint density at radius 1 is 0.886 bits per heavy atom. The number of carbonyl (C=O) groups excluding carboxylic acids is 2. The molecule has 4 rings (SSSR count). The number of carboxylic acids is 1. The summed E-state index contributed by atoms with van der Waals surface area (Å²) in [5.74, 6) is -1.05. The van der Waals surface area contributed by atoms with Crippen molar-refractivity contribution in [3.63, 3.8) is 0 Å². The SMILES string of the molecule is O=C(CCCCCCNC(=O)OCC1c2ccccc2-c2ccccc21)N[C@H]1CC[C@@H](C(=O)O)C1. The first-order chi connectivity index (χ1) is 17.0. The van der Waals surface area contributed by atoms with E-state index in [0.29, 0.717) is 32.4 Å². The molecule has 0 unspecified atom stereocenters. The number of carbonyl (C=O) groups is 3. The summed E-state index contributed by atoms with van der Waals surface area (Å²) in [6.45, 7) is 0.852. The second-order valence-electron chi connectivity index (χ2n) is 9.53. The number of rotatable bonds is 11. The molecule has 0 aromatic heterocycles. The Kier molecular flexibility index (Phi) is 8.40. The normalized spacial score (nSPS) is 18.5. The molecule has 1 saturated carbocycles. The van der Waals surface area contributed by atoms with Crippen LogP contribution in [0.5, 0.6) is 0 Å². The molecule has 2 atom stereocenters. The van der Waals surface area contributed by atoms with E-state index in [1.54, 1.807) is 0 Å². The van der Waals surface area contributed by atoms with Gasteiger partial charge in [-0.3, -0.25) is 9.59 Å². The summed E-state index contributed by atoms with van der Waals surface area (Å²) in [5, 5.41) is 14.8. The molecule has 3 N–H and O–H groups in total. The number of fused-ring (bicyclic) bond motifs is 3. The van der Waals surface area contributed by atoms with Crippen LogP contribution in [0.1, 0.15) is 68.4 Å². The van der Waals surface area contributed by atoms with Crippen molar-refractivity contribution in [1.29, 1.82) is 0 Å². The molecule has 2 aromatic carbocycles. The van der Waals surface area contributed by atoms with Crippen LogP contribution in [0.3, 0.4) is 0 Å². The molecule has 0 heterocycles. The van der Waals surface area contributed by atoms with E-state index in [0.717, 1.165) is 32.1 Å². The maximum atomic E-state index is 12.2. The third kappa shape index (κ3) is 6.41. The summed E-state index contributed by atoms with van der Waals surface area (Å²) < 4.78 is 5.54. The van der Waals surface area contributed by atoms with E-state index >= 15 is 0 Å². The van der Waals surface area contributed by atoms with Crippen molar-refractivity contribution in [3.05, 3.63) is 59.7 Å². The van der Waals surface area contributed by atoms with E-state index in [1.807, 2.05) is 24.3 Å². The van der Waals surface area contributed by atoms with Crippen LogP contribution in [0, 0.1) is 5.92 Å². The second-order valence-corrected chi connectivity index (χ2v) is 9.53. The first-order valence-corrected chi connectivity index (χ1v) is 12.6. The number of ether oxygens (including phenoxy) is 1. The van der Waals surface area contributed by atoms with Gasteiger partial charge in [0.25, 0.3) is 0 Å². The molecule has 2 aliphatic carbocycles. The van der Waals surface area contributed by atoms with E-state index in [1.165, 1.54) is 22.3 Å². The lowest BCUT2D eigenvalue weighted by atomic mass is 9.98. The highest BCUT2D eigenvalue weighted by Gasteiger charge is 2.30. The van der Waals surface area contributed by atoms with Crippen molar-refractivity contribution in [2.75, 3.05) is 13.2 Å². The maximum absolute atomic E-state index is 12.2. The van der Waals surface area contributed by atoms with Gasteiger partial charge < -0.3 is 20.5 Å². The summed E-state index contributed by atoms with van der Waals surface area (Å²) >= 11 is 0. The second kappa shape index (κ2) is 11.9. The number of carboxylic acid groups (broad SMARTS) is 1. The van der Waals surface area contributed by atoms with Crippen molar-refractivity contribution < 1.29 is 24.2 Å². The summed E-state index contributed by atoms with van der Waals surface area (Å²) in [5.41, 5.74) is 4.80. The third-order valence-corrected chi connectivity index (χ3v) is 7.09. The number of alkyl carbamates (subject to hydrolysis) is 1. The van der Waals surface area contributed by atoms with E-state index in [-0.39, 0.29) is 23.8 Å². The molecular weight excluding hydrogens is 444 g/mol. The lowest BCUT2D eigenvalue weighted by Gasteiger charge is -2.14. The maximum Gasteiger partial charge on any atom is 0.407 e. The molecule has 0 saturated heterocycles. The molecule has 7 heteroatoms. The van der Waals surface area contributed by atoms with Crippen LogP contribution in [0.15, 0.2) is 48.5 Å². The zero-order chi connectivity index (χ0) is 24.6. The largest absolute Gasteiger partial charge is 0.481 e. The molecule has 0 spiro atoms. The lowest BCUT2D eigenvalue weighted by Crippen LogP contribution is -2.33. The number of hydrogen-bond donors (Lipinski definition) is 3. The van der Waals surface area contributed by atoms with E-state index < -0.39 is 12.1 Å².